The summed E-state index contributed by atoms with van der Waals surface area (Å²) in [6, 6.07) is 1.87. The van der Waals surface area contributed by atoms with Crippen molar-refractivity contribution in [2.75, 3.05) is 33.7 Å². The number of guanidine groups is 1. The molecule has 0 unspecified atom stereocenters. The van der Waals surface area contributed by atoms with Crippen LogP contribution in [0, 0.1) is 0 Å². The average molecular weight is 518 g/mol. The molecule has 1 aromatic rings. The summed E-state index contributed by atoms with van der Waals surface area (Å²) < 4.78 is 1.87. The third-order valence-corrected chi connectivity index (χ3v) is 4.88. The lowest BCUT2D eigenvalue weighted by Crippen LogP contribution is -2.37. The maximum absolute atomic E-state index is 6.10. The summed E-state index contributed by atoms with van der Waals surface area (Å²) in [7, 11) is 6.15. The molecule has 0 spiro atoms. The number of aliphatic imine (C=N–C) groups is 1. The lowest BCUT2D eigenvalue weighted by Gasteiger charge is -2.12. The van der Waals surface area contributed by atoms with Crippen LogP contribution in [0.15, 0.2) is 11.1 Å². The molecule has 5 nitrogen and oxygen atoms in total. The van der Waals surface area contributed by atoms with Crippen LogP contribution in [0.5, 0.6) is 0 Å². The van der Waals surface area contributed by atoms with E-state index in [4.69, 9.17) is 23.2 Å². The second-order valence-electron chi connectivity index (χ2n) is 6.53. The largest absolute Gasteiger partial charge is 0.357 e. The van der Waals surface area contributed by atoms with Gasteiger partial charge in [0.1, 0.15) is 5.15 Å². The Kier molecular flexibility index (Phi) is 14.7. The maximum atomic E-state index is 6.10. The van der Waals surface area contributed by atoms with Crippen LogP contribution in [0.4, 0.5) is 0 Å². The van der Waals surface area contributed by atoms with E-state index in [0.717, 1.165) is 31.2 Å². The van der Waals surface area contributed by atoms with Gasteiger partial charge in [-0.1, -0.05) is 42.5 Å². The normalized spacial score (nSPS) is 11.6. The minimum Gasteiger partial charge on any atom is -0.357 e. The minimum atomic E-state index is 0. The first kappa shape index (κ1) is 25.8. The van der Waals surface area contributed by atoms with Gasteiger partial charge in [0.25, 0.3) is 0 Å². The molecular formula is C18H34Cl2IN5. The number of unbranched alkanes of at least 4 members (excludes halogenated alkanes) is 4. The molecule has 1 aromatic heterocycles. The van der Waals surface area contributed by atoms with Crippen molar-refractivity contribution in [3.05, 3.63) is 21.9 Å². The molecule has 1 rings (SSSR count). The van der Waals surface area contributed by atoms with Gasteiger partial charge in [-0.2, -0.15) is 0 Å². The van der Waals surface area contributed by atoms with Gasteiger partial charge in [-0.25, -0.2) is 4.99 Å². The van der Waals surface area contributed by atoms with E-state index in [-0.39, 0.29) is 24.0 Å². The molecule has 0 atom stereocenters. The van der Waals surface area contributed by atoms with Crippen molar-refractivity contribution in [3.63, 3.8) is 0 Å². The van der Waals surface area contributed by atoms with Gasteiger partial charge >= 0.3 is 0 Å². The van der Waals surface area contributed by atoms with Crippen LogP contribution in [0.25, 0.3) is 0 Å². The van der Waals surface area contributed by atoms with E-state index in [1.54, 1.807) is 0 Å². The Morgan fingerprint density at radius 2 is 1.77 bits per heavy atom. The summed E-state index contributed by atoms with van der Waals surface area (Å²) in [5, 5.41) is 7.80. The number of rotatable bonds is 11. The highest BCUT2D eigenvalue weighted by Gasteiger charge is 2.08. The molecule has 0 bridgehead atoms. The first-order valence-corrected chi connectivity index (χ1v) is 9.87. The molecule has 0 amide bonds. The van der Waals surface area contributed by atoms with E-state index in [9.17, 15) is 0 Å². The van der Waals surface area contributed by atoms with Crippen LogP contribution in [-0.2, 0) is 13.6 Å². The fourth-order valence-electron chi connectivity index (χ4n) is 2.53. The lowest BCUT2D eigenvalue weighted by atomic mass is 10.1. The summed E-state index contributed by atoms with van der Waals surface area (Å²) in [5.41, 5.74) is 0.994. The molecule has 26 heavy (non-hydrogen) atoms. The summed E-state index contributed by atoms with van der Waals surface area (Å²) >= 11 is 12.1. The molecular weight excluding hydrogens is 484 g/mol. The van der Waals surface area contributed by atoms with Crippen LogP contribution in [0.1, 0.15) is 44.7 Å². The Hall–Kier alpha value is -0.180. The number of nitrogens with zero attached hydrogens (tertiary/aromatic N) is 3. The zero-order valence-corrected chi connectivity index (χ0v) is 20.3. The number of halogens is 3. The van der Waals surface area contributed by atoms with Crippen LogP contribution < -0.4 is 10.6 Å². The van der Waals surface area contributed by atoms with Gasteiger partial charge in [-0.15, -0.1) is 24.0 Å². The van der Waals surface area contributed by atoms with Crippen LogP contribution in [0.2, 0.25) is 10.2 Å². The SMILES string of the molecule is CCNC(=NCc1cc(Cl)c(Cl)n1C)NCCCCCCCN(C)C.I. The van der Waals surface area contributed by atoms with Crippen LogP contribution >= 0.6 is 47.2 Å². The highest BCUT2D eigenvalue weighted by molar-refractivity contribution is 14.0. The van der Waals surface area contributed by atoms with Gasteiger partial charge in [0, 0.05) is 25.8 Å². The molecule has 0 saturated heterocycles. The Morgan fingerprint density at radius 3 is 2.35 bits per heavy atom. The summed E-state index contributed by atoms with van der Waals surface area (Å²) in [6.45, 7) is 5.57. The number of aromatic nitrogens is 1. The summed E-state index contributed by atoms with van der Waals surface area (Å²) in [5.74, 6) is 0.837. The molecule has 8 heteroatoms. The summed E-state index contributed by atoms with van der Waals surface area (Å²) in [6.07, 6.45) is 6.30. The average Bonchev–Trinajstić information content (AvgIpc) is 2.81. The monoisotopic (exact) mass is 517 g/mol. The van der Waals surface area contributed by atoms with Gasteiger partial charge < -0.3 is 20.1 Å². The van der Waals surface area contributed by atoms with E-state index in [1.807, 2.05) is 17.7 Å². The maximum Gasteiger partial charge on any atom is 0.191 e. The molecule has 0 aliphatic rings. The molecule has 0 aliphatic carbocycles. The molecule has 2 N–H and O–H groups in total. The molecule has 0 radical (unpaired) electrons. The number of nitrogens with one attached hydrogen (secondary N) is 2. The van der Waals surface area contributed by atoms with Crippen LogP contribution in [-0.4, -0.2) is 49.2 Å². The lowest BCUT2D eigenvalue weighted by molar-refractivity contribution is 0.389. The van der Waals surface area contributed by atoms with Crippen molar-refractivity contribution in [1.82, 2.24) is 20.1 Å². The van der Waals surface area contributed by atoms with E-state index < -0.39 is 0 Å². The molecule has 0 fully saturated rings. The smallest absolute Gasteiger partial charge is 0.191 e. The highest BCUT2D eigenvalue weighted by Crippen LogP contribution is 2.25. The van der Waals surface area contributed by atoms with Gasteiger partial charge in [0.2, 0.25) is 0 Å². The standard InChI is InChI=1S/C18H33Cl2N5.HI/c1-5-21-18(22-11-9-7-6-8-10-12-24(2)3)23-14-15-13-16(19)17(20)25(15)4;/h13H,5-12,14H2,1-4H3,(H2,21,22,23);1H. The van der Waals surface area contributed by atoms with E-state index in [2.05, 4.69) is 41.5 Å². The minimum absolute atomic E-state index is 0. The number of hydrogen-bond acceptors (Lipinski definition) is 2. The fraction of sp³-hybridized carbons (Fsp3) is 0.722. The molecule has 1 heterocycles. The Morgan fingerprint density at radius 1 is 1.12 bits per heavy atom. The zero-order valence-electron chi connectivity index (χ0n) is 16.4. The first-order chi connectivity index (χ1) is 12.0. The summed E-state index contributed by atoms with van der Waals surface area (Å²) in [4.78, 5) is 6.86. The Bertz CT molecular complexity index is 532. The van der Waals surface area contributed by atoms with Crippen molar-refractivity contribution >= 4 is 53.1 Å². The zero-order chi connectivity index (χ0) is 18.7. The molecule has 152 valence electrons. The third kappa shape index (κ3) is 10.2. The van der Waals surface area contributed by atoms with Crippen molar-refractivity contribution < 1.29 is 0 Å². The fourth-order valence-corrected chi connectivity index (χ4v) is 2.95. The van der Waals surface area contributed by atoms with Gasteiger partial charge in [-0.3, -0.25) is 0 Å². The molecule has 0 saturated carbocycles. The van der Waals surface area contributed by atoms with Crippen LogP contribution in [0.3, 0.4) is 0 Å². The second-order valence-corrected chi connectivity index (χ2v) is 7.29. The predicted molar refractivity (Wildman–Crippen MR) is 125 cm³/mol. The van der Waals surface area contributed by atoms with E-state index >= 15 is 0 Å². The van der Waals surface area contributed by atoms with Crippen molar-refractivity contribution in [3.8, 4) is 0 Å². The molecule has 0 aliphatic heterocycles. The molecule has 0 aromatic carbocycles. The van der Waals surface area contributed by atoms with Crippen molar-refractivity contribution in [2.45, 2.75) is 45.6 Å². The van der Waals surface area contributed by atoms with E-state index in [1.165, 1.54) is 32.2 Å². The highest BCUT2D eigenvalue weighted by atomic mass is 127. The van der Waals surface area contributed by atoms with Gasteiger partial charge in [0.15, 0.2) is 5.96 Å². The van der Waals surface area contributed by atoms with E-state index in [0.29, 0.717) is 16.7 Å². The van der Waals surface area contributed by atoms with Crippen molar-refractivity contribution in [2.24, 2.45) is 12.0 Å². The van der Waals surface area contributed by atoms with Gasteiger partial charge in [0.05, 0.1) is 11.6 Å². The Balaban J connectivity index is 0.00000625. The Labute approximate surface area is 185 Å². The number of hydrogen-bond donors (Lipinski definition) is 2. The predicted octanol–water partition coefficient (Wildman–Crippen LogP) is 4.52. The van der Waals surface area contributed by atoms with Crippen molar-refractivity contribution in [1.29, 1.82) is 0 Å². The first-order valence-electron chi connectivity index (χ1n) is 9.12. The van der Waals surface area contributed by atoms with Gasteiger partial charge in [-0.05, 0) is 46.5 Å². The second kappa shape index (κ2) is 14.8. The topological polar surface area (TPSA) is 44.6 Å². The third-order valence-electron chi connectivity index (χ3n) is 4.03. The quantitative estimate of drug-likeness (QED) is 0.196.